The molecule has 1 atom stereocenters. The van der Waals surface area contributed by atoms with E-state index in [4.69, 9.17) is 4.74 Å². The number of hydrogen-bond acceptors (Lipinski definition) is 6. The Balaban J connectivity index is 1.54. The second kappa shape index (κ2) is 6.90. The van der Waals surface area contributed by atoms with Gasteiger partial charge in [-0.05, 0) is 37.6 Å². The van der Waals surface area contributed by atoms with Crippen molar-refractivity contribution < 1.29 is 17.9 Å². The van der Waals surface area contributed by atoms with Crippen molar-refractivity contribution in [3.63, 3.8) is 0 Å². The maximum absolute atomic E-state index is 12.1. The Morgan fingerprint density at radius 2 is 2.12 bits per heavy atom. The number of sulfone groups is 1. The first-order valence-corrected chi connectivity index (χ1v) is 10.3. The second-order valence-electron chi connectivity index (χ2n) is 5.74. The van der Waals surface area contributed by atoms with E-state index in [1.54, 1.807) is 35.6 Å². The lowest BCUT2D eigenvalue weighted by molar-refractivity contribution is 0.0941. The topological polar surface area (TPSA) is 85.4 Å². The molecule has 6 nitrogen and oxygen atoms in total. The molecule has 1 saturated heterocycles. The Labute approximate surface area is 144 Å². The van der Waals surface area contributed by atoms with Gasteiger partial charge in [-0.2, -0.15) is 0 Å². The fourth-order valence-corrected chi connectivity index (χ4v) is 4.78. The van der Waals surface area contributed by atoms with E-state index in [1.807, 2.05) is 12.3 Å². The number of hydrogen-bond donors (Lipinski definition) is 1. The van der Waals surface area contributed by atoms with Crippen molar-refractivity contribution in [1.82, 2.24) is 10.3 Å². The van der Waals surface area contributed by atoms with E-state index < -0.39 is 9.84 Å². The van der Waals surface area contributed by atoms with Crippen LogP contribution in [-0.2, 0) is 16.4 Å². The summed E-state index contributed by atoms with van der Waals surface area (Å²) in [4.78, 5) is 16.5. The van der Waals surface area contributed by atoms with Crippen molar-refractivity contribution >= 4 is 27.1 Å². The summed E-state index contributed by atoms with van der Waals surface area (Å²) >= 11 is 1.57. The number of thiazole rings is 1. The lowest BCUT2D eigenvalue weighted by Crippen LogP contribution is -2.35. The number of carbonyl (C=O) groups excluding carboxylic acids is 1. The molecule has 3 rings (SSSR count). The molecule has 0 unspecified atom stereocenters. The molecule has 128 valence electrons. The van der Waals surface area contributed by atoms with Crippen molar-refractivity contribution in [2.75, 3.05) is 11.5 Å². The number of nitrogens with zero attached hydrogens (tertiary/aromatic N) is 1. The van der Waals surface area contributed by atoms with Crippen LogP contribution < -0.4 is 10.1 Å². The van der Waals surface area contributed by atoms with E-state index >= 15 is 0 Å². The molecule has 1 aliphatic rings. The first kappa shape index (κ1) is 16.9. The van der Waals surface area contributed by atoms with Crippen LogP contribution in [0.2, 0.25) is 0 Å². The van der Waals surface area contributed by atoms with Gasteiger partial charge in [-0.25, -0.2) is 13.4 Å². The van der Waals surface area contributed by atoms with E-state index in [1.165, 1.54) is 0 Å². The molecule has 2 heterocycles. The average Bonchev–Trinajstić information content (AvgIpc) is 3.11. The fourth-order valence-electron chi connectivity index (χ4n) is 2.51. The van der Waals surface area contributed by atoms with Crippen molar-refractivity contribution in [2.45, 2.75) is 26.0 Å². The van der Waals surface area contributed by atoms with E-state index in [9.17, 15) is 13.2 Å². The van der Waals surface area contributed by atoms with Crippen molar-refractivity contribution in [2.24, 2.45) is 0 Å². The molecule has 24 heavy (non-hydrogen) atoms. The minimum atomic E-state index is -3.00. The third-order valence-corrected chi connectivity index (χ3v) is 6.33. The highest BCUT2D eigenvalue weighted by Gasteiger charge is 2.29. The van der Waals surface area contributed by atoms with Crippen LogP contribution in [0.1, 0.15) is 27.5 Å². The monoisotopic (exact) mass is 366 g/mol. The molecule has 8 heteroatoms. The summed E-state index contributed by atoms with van der Waals surface area (Å²) in [5, 5.41) is 5.71. The Morgan fingerprint density at radius 1 is 1.38 bits per heavy atom. The summed E-state index contributed by atoms with van der Waals surface area (Å²) in [6.45, 7) is 2.33. The van der Waals surface area contributed by atoms with E-state index in [0.29, 0.717) is 24.3 Å². The summed E-state index contributed by atoms with van der Waals surface area (Å²) in [6.07, 6.45) is 0.475. The molecule has 0 saturated carbocycles. The summed E-state index contributed by atoms with van der Waals surface area (Å²) in [5.41, 5.74) is 1.36. The van der Waals surface area contributed by atoms with Gasteiger partial charge >= 0.3 is 0 Å². The number of nitrogens with one attached hydrogen (secondary N) is 1. The largest absolute Gasteiger partial charge is 0.487 e. The predicted octanol–water partition coefficient (Wildman–Crippen LogP) is 1.95. The van der Waals surface area contributed by atoms with Gasteiger partial charge in [0, 0.05) is 17.0 Å². The zero-order valence-electron chi connectivity index (χ0n) is 13.2. The van der Waals surface area contributed by atoms with Crippen LogP contribution >= 0.6 is 11.3 Å². The number of rotatable bonds is 5. The molecule has 1 aromatic carbocycles. The second-order valence-corrected chi connectivity index (χ2v) is 9.04. The van der Waals surface area contributed by atoms with E-state index in [2.05, 4.69) is 10.3 Å². The Morgan fingerprint density at radius 3 is 2.71 bits per heavy atom. The summed E-state index contributed by atoms with van der Waals surface area (Å²) in [6, 6.07) is 6.48. The maximum Gasteiger partial charge on any atom is 0.251 e. The molecule has 1 N–H and O–H groups in total. The smallest absolute Gasteiger partial charge is 0.251 e. The van der Waals surface area contributed by atoms with Crippen LogP contribution in [-0.4, -0.2) is 36.9 Å². The van der Waals surface area contributed by atoms with Crippen LogP contribution in [0.25, 0.3) is 0 Å². The predicted molar refractivity (Wildman–Crippen MR) is 92.2 cm³/mol. The van der Waals surface area contributed by atoms with Gasteiger partial charge in [0.2, 0.25) is 0 Å². The van der Waals surface area contributed by atoms with Crippen LogP contribution in [0, 0.1) is 6.92 Å². The average molecular weight is 366 g/mol. The normalized spacial score (nSPS) is 19.1. The van der Waals surface area contributed by atoms with Gasteiger partial charge in [0.05, 0.1) is 22.2 Å². The molecule has 2 aromatic rings. The number of aromatic nitrogens is 1. The van der Waals surface area contributed by atoms with Gasteiger partial charge in [-0.1, -0.05) is 0 Å². The first-order chi connectivity index (χ1) is 11.4. The van der Waals surface area contributed by atoms with Crippen molar-refractivity contribution in [3.8, 4) is 5.75 Å². The van der Waals surface area contributed by atoms with Crippen LogP contribution in [0.5, 0.6) is 5.75 Å². The van der Waals surface area contributed by atoms with E-state index in [0.717, 1.165) is 10.7 Å². The molecule has 1 aromatic heterocycles. The molecule has 0 aliphatic carbocycles. The quantitative estimate of drug-likeness (QED) is 0.874. The standard InChI is InChI=1S/C16H18N2O4S2/c1-11-17-14(9-23-11)8-22-15-4-2-12(3-5-15)16(19)18-13-6-7-24(20,21)10-13/h2-5,9,13H,6-8,10H2,1H3,(H,18,19)/t13-/m1/s1. The summed E-state index contributed by atoms with van der Waals surface area (Å²) in [7, 11) is -3.00. The number of aryl methyl sites for hydroxylation is 1. The van der Waals surface area contributed by atoms with E-state index in [-0.39, 0.29) is 23.5 Å². The van der Waals surface area contributed by atoms with Gasteiger partial charge in [-0.3, -0.25) is 4.79 Å². The highest BCUT2D eigenvalue weighted by Crippen LogP contribution is 2.17. The zero-order chi connectivity index (χ0) is 17.2. The molecular formula is C16H18N2O4S2. The van der Waals surface area contributed by atoms with Gasteiger partial charge < -0.3 is 10.1 Å². The Hall–Kier alpha value is -1.93. The summed E-state index contributed by atoms with van der Waals surface area (Å²) in [5.74, 6) is 0.549. The van der Waals surface area contributed by atoms with Gasteiger partial charge in [-0.15, -0.1) is 11.3 Å². The van der Waals surface area contributed by atoms with Crippen LogP contribution in [0.4, 0.5) is 0 Å². The number of benzene rings is 1. The van der Waals surface area contributed by atoms with Gasteiger partial charge in [0.1, 0.15) is 12.4 Å². The number of ether oxygens (including phenoxy) is 1. The Bertz CT molecular complexity index is 828. The molecular weight excluding hydrogens is 348 g/mol. The lowest BCUT2D eigenvalue weighted by Gasteiger charge is -2.11. The third kappa shape index (κ3) is 4.33. The summed E-state index contributed by atoms with van der Waals surface area (Å²) < 4.78 is 28.5. The van der Waals surface area contributed by atoms with Crippen molar-refractivity contribution in [1.29, 1.82) is 0 Å². The molecule has 1 amide bonds. The fraction of sp³-hybridized carbons (Fsp3) is 0.375. The highest BCUT2D eigenvalue weighted by molar-refractivity contribution is 7.91. The number of carbonyl (C=O) groups is 1. The van der Waals surface area contributed by atoms with Crippen LogP contribution in [0.3, 0.4) is 0 Å². The molecule has 1 fully saturated rings. The van der Waals surface area contributed by atoms with Gasteiger partial charge in [0.15, 0.2) is 9.84 Å². The Kier molecular flexibility index (Phi) is 4.86. The zero-order valence-corrected chi connectivity index (χ0v) is 14.8. The minimum Gasteiger partial charge on any atom is -0.487 e. The first-order valence-electron chi connectivity index (χ1n) is 7.56. The minimum absolute atomic E-state index is 0.0208. The van der Waals surface area contributed by atoms with Gasteiger partial charge in [0.25, 0.3) is 5.91 Å². The third-order valence-electron chi connectivity index (χ3n) is 3.74. The van der Waals surface area contributed by atoms with Crippen LogP contribution in [0.15, 0.2) is 29.6 Å². The molecule has 0 spiro atoms. The SMILES string of the molecule is Cc1nc(COc2ccc(C(=O)N[C@@H]3CCS(=O)(=O)C3)cc2)cs1. The molecule has 1 aliphatic heterocycles. The lowest BCUT2D eigenvalue weighted by atomic mass is 10.2. The highest BCUT2D eigenvalue weighted by atomic mass is 32.2. The molecule has 0 radical (unpaired) electrons. The van der Waals surface area contributed by atoms with Crippen molar-refractivity contribution in [3.05, 3.63) is 45.9 Å². The molecule has 0 bridgehead atoms. The maximum atomic E-state index is 12.1. The number of amides is 1.